The Morgan fingerprint density at radius 3 is 1.47 bits per heavy atom. The lowest BCUT2D eigenvalue weighted by atomic mass is 10.2. The van der Waals surface area contributed by atoms with Crippen LogP contribution in [0.2, 0.25) is 0 Å². The molecule has 15 heavy (non-hydrogen) atoms. The first-order valence-corrected chi connectivity index (χ1v) is 5.27. The minimum Gasteiger partial charge on any atom is -0.229 e. The second kappa shape index (κ2) is 3.49. The molecule has 0 aromatic carbocycles. The van der Waals surface area contributed by atoms with E-state index in [9.17, 15) is 39.2 Å². The highest BCUT2D eigenvalue weighted by Gasteiger charge is 2.73. The fourth-order valence-electron chi connectivity index (χ4n) is 0.627. The molecule has 0 aliphatic rings. The van der Waals surface area contributed by atoms with Crippen LogP contribution in [0.5, 0.6) is 0 Å². The predicted molar refractivity (Wildman–Crippen MR) is 35.7 cm³/mol. The standard InChI is InChI=1S/C5H5F7O2S/c1-15(13,14)2-3(6,7)4(8,9)5(10,11)12/h2H2,1H3. The minimum absolute atomic E-state index is 0.132. The van der Waals surface area contributed by atoms with E-state index in [1.54, 1.807) is 0 Å². The summed E-state index contributed by atoms with van der Waals surface area (Å²) in [5.74, 6) is -14.6. The van der Waals surface area contributed by atoms with Gasteiger partial charge in [0.2, 0.25) is 0 Å². The van der Waals surface area contributed by atoms with E-state index in [1.165, 1.54) is 0 Å². The summed E-state index contributed by atoms with van der Waals surface area (Å²) in [6.07, 6.45) is -6.37. The normalized spacial score (nSPS) is 15.5. The lowest BCUT2D eigenvalue weighted by Gasteiger charge is -2.27. The van der Waals surface area contributed by atoms with Crippen molar-refractivity contribution in [2.24, 2.45) is 0 Å². The van der Waals surface area contributed by atoms with E-state index in [0.29, 0.717) is 0 Å². The second-order valence-electron chi connectivity index (χ2n) is 2.85. The highest BCUT2D eigenvalue weighted by Crippen LogP contribution is 2.46. The molecular weight excluding hydrogens is 257 g/mol. The fourth-order valence-corrected chi connectivity index (χ4v) is 1.47. The largest absolute Gasteiger partial charge is 0.459 e. The Morgan fingerprint density at radius 2 is 1.27 bits per heavy atom. The van der Waals surface area contributed by atoms with Crippen LogP contribution in [-0.2, 0) is 9.84 Å². The van der Waals surface area contributed by atoms with Crippen molar-refractivity contribution < 1.29 is 39.2 Å². The van der Waals surface area contributed by atoms with E-state index in [1.807, 2.05) is 0 Å². The molecule has 0 radical (unpaired) electrons. The van der Waals surface area contributed by atoms with Gasteiger partial charge in [0.05, 0.1) is 0 Å². The molecular formula is C5H5F7O2S. The van der Waals surface area contributed by atoms with Gasteiger partial charge in [-0.3, -0.25) is 0 Å². The van der Waals surface area contributed by atoms with Gasteiger partial charge >= 0.3 is 18.0 Å². The van der Waals surface area contributed by atoms with Gasteiger partial charge in [-0.05, 0) is 0 Å². The molecule has 0 aromatic heterocycles. The number of hydrogen-bond acceptors (Lipinski definition) is 2. The summed E-state index contributed by atoms with van der Waals surface area (Å²) in [7, 11) is -4.66. The molecule has 2 nitrogen and oxygen atoms in total. The highest BCUT2D eigenvalue weighted by atomic mass is 32.2. The van der Waals surface area contributed by atoms with E-state index in [-0.39, 0.29) is 6.26 Å². The van der Waals surface area contributed by atoms with Crippen LogP contribution < -0.4 is 0 Å². The molecule has 0 bridgehead atoms. The zero-order chi connectivity index (χ0) is 12.7. The smallest absolute Gasteiger partial charge is 0.229 e. The lowest BCUT2D eigenvalue weighted by Crippen LogP contribution is -2.54. The van der Waals surface area contributed by atoms with Crippen LogP contribution in [0, 0.1) is 0 Å². The molecule has 0 rings (SSSR count). The van der Waals surface area contributed by atoms with E-state index >= 15 is 0 Å². The number of halogens is 7. The zero-order valence-electron chi connectivity index (χ0n) is 7.08. The third kappa shape index (κ3) is 3.21. The summed E-state index contributed by atoms with van der Waals surface area (Å²) in [6, 6.07) is 0. The maximum Gasteiger partial charge on any atom is 0.459 e. The Hall–Kier alpha value is -0.540. The molecule has 0 spiro atoms. The molecule has 0 aliphatic heterocycles. The average molecular weight is 262 g/mol. The molecule has 0 aliphatic carbocycles. The van der Waals surface area contributed by atoms with Crippen LogP contribution in [-0.4, -0.2) is 38.4 Å². The summed E-state index contributed by atoms with van der Waals surface area (Å²) >= 11 is 0. The Morgan fingerprint density at radius 1 is 0.933 bits per heavy atom. The molecule has 0 unspecified atom stereocenters. The zero-order valence-corrected chi connectivity index (χ0v) is 7.89. The molecule has 0 aromatic rings. The van der Waals surface area contributed by atoms with Crippen LogP contribution >= 0.6 is 0 Å². The maximum absolute atomic E-state index is 12.3. The lowest BCUT2D eigenvalue weighted by molar-refractivity contribution is -0.348. The van der Waals surface area contributed by atoms with E-state index < -0.39 is 33.6 Å². The number of rotatable bonds is 3. The van der Waals surface area contributed by atoms with Gasteiger partial charge in [0.1, 0.15) is 5.75 Å². The van der Waals surface area contributed by atoms with Crippen molar-refractivity contribution in [3.63, 3.8) is 0 Å². The van der Waals surface area contributed by atoms with Gasteiger partial charge in [-0.1, -0.05) is 0 Å². The average Bonchev–Trinajstić information content (AvgIpc) is 1.77. The summed E-state index contributed by atoms with van der Waals surface area (Å²) in [5.41, 5.74) is 0. The van der Waals surface area contributed by atoms with Crippen LogP contribution in [0.1, 0.15) is 0 Å². The van der Waals surface area contributed by atoms with Crippen LogP contribution in [0.25, 0.3) is 0 Å². The van der Waals surface area contributed by atoms with Crippen LogP contribution in [0.3, 0.4) is 0 Å². The Balaban J connectivity index is 5.21. The molecule has 0 atom stereocenters. The van der Waals surface area contributed by atoms with Gasteiger partial charge in [0.15, 0.2) is 9.84 Å². The predicted octanol–water partition coefficient (Wildman–Crippen LogP) is 1.86. The first-order chi connectivity index (χ1) is 6.21. The minimum atomic E-state index is -6.50. The third-order valence-corrected chi connectivity index (χ3v) is 2.15. The molecule has 10 heteroatoms. The molecule has 0 fully saturated rings. The van der Waals surface area contributed by atoms with Crippen molar-refractivity contribution in [2.75, 3.05) is 12.0 Å². The van der Waals surface area contributed by atoms with E-state index in [4.69, 9.17) is 0 Å². The van der Waals surface area contributed by atoms with E-state index in [0.717, 1.165) is 0 Å². The van der Waals surface area contributed by atoms with Crippen LogP contribution in [0.15, 0.2) is 0 Å². The number of sulfone groups is 1. The van der Waals surface area contributed by atoms with Gasteiger partial charge in [-0.2, -0.15) is 30.7 Å². The van der Waals surface area contributed by atoms with Crippen molar-refractivity contribution in [3.8, 4) is 0 Å². The first-order valence-electron chi connectivity index (χ1n) is 3.21. The number of hydrogen-bond donors (Lipinski definition) is 0. The van der Waals surface area contributed by atoms with Crippen molar-refractivity contribution in [1.82, 2.24) is 0 Å². The van der Waals surface area contributed by atoms with Gasteiger partial charge in [-0.25, -0.2) is 8.42 Å². The maximum atomic E-state index is 12.3. The quantitative estimate of drug-likeness (QED) is 0.727. The van der Waals surface area contributed by atoms with Gasteiger partial charge < -0.3 is 0 Å². The topological polar surface area (TPSA) is 34.1 Å². The molecule has 92 valence electrons. The van der Waals surface area contributed by atoms with Crippen molar-refractivity contribution in [1.29, 1.82) is 0 Å². The molecule has 0 saturated carbocycles. The van der Waals surface area contributed by atoms with Crippen molar-refractivity contribution in [2.45, 2.75) is 18.0 Å². The van der Waals surface area contributed by atoms with Gasteiger partial charge in [-0.15, -0.1) is 0 Å². The summed E-state index contributed by atoms with van der Waals surface area (Å²) in [6.45, 7) is 0. The molecule has 0 N–H and O–H groups in total. The Labute approximate surface area is 80.0 Å². The first kappa shape index (κ1) is 14.5. The molecule has 0 heterocycles. The number of alkyl halides is 7. The molecule has 0 amide bonds. The Bertz CT molecular complexity index is 328. The third-order valence-electron chi connectivity index (χ3n) is 1.26. The molecule has 0 saturated heterocycles. The fraction of sp³-hybridized carbons (Fsp3) is 1.00. The van der Waals surface area contributed by atoms with E-state index in [2.05, 4.69) is 0 Å². The van der Waals surface area contributed by atoms with Crippen molar-refractivity contribution in [3.05, 3.63) is 0 Å². The summed E-state index contributed by atoms with van der Waals surface area (Å²) in [4.78, 5) is 0. The summed E-state index contributed by atoms with van der Waals surface area (Å²) in [5, 5.41) is 0. The highest BCUT2D eigenvalue weighted by molar-refractivity contribution is 7.90. The van der Waals surface area contributed by atoms with Crippen LogP contribution in [0.4, 0.5) is 30.7 Å². The second-order valence-corrected chi connectivity index (χ2v) is 4.99. The summed E-state index contributed by atoms with van der Waals surface area (Å²) < 4.78 is 104. The van der Waals surface area contributed by atoms with Gasteiger partial charge in [0, 0.05) is 6.26 Å². The SMILES string of the molecule is CS(=O)(=O)CC(F)(F)C(F)(F)C(F)(F)F. The van der Waals surface area contributed by atoms with Crippen molar-refractivity contribution >= 4 is 9.84 Å². The Kier molecular flexibility index (Phi) is 3.37. The monoisotopic (exact) mass is 262 g/mol. The van der Waals surface area contributed by atoms with Gasteiger partial charge in [0.25, 0.3) is 0 Å².